The van der Waals surface area contributed by atoms with E-state index in [1.807, 2.05) is 6.92 Å². The molecule has 0 unspecified atom stereocenters. The average molecular weight is 393 g/mol. The molecule has 1 aliphatic rings. The van der Waals surface area contributed by atoms with Crippen molar-refractivity contribution >= 4 is 45.7 Å². The second kappa shape index (κ2) is 8.51. The number of hydrogen-bond acceptors (Lipinski definition) is 4. The van der Waals surface area contributed by atoms with Crippen LogP contribution < -0.4 is 16.0 Å². The summed E-state index contributed by atoms with van der Waals surface area (Å²) in [7, 11) is 0. The first-order chi connectivity index (χ1) is 12.5. The molecule has 6 nitrogen and oxygen atoms in total. The van der Waals surface area contributed by atoms with Crippen LogP contribution in [0.1, 0.15) is 36.9 Å². The third-order valence-electron chi connectivity index (χ3n) is 4.35. The molecule has 26 heavy (non-hydrogen) atoms. The molecule has 0 atom stereocenters. The number of anilines is 2. The summed E-state index contributed by atoms with van der Waals surface area (Å²) in [5, 5.41) is 11.4. The second-order valence-corrected chi connectivity index (χ2v) is 7.63. The van der Waals surface area contributed by atoms with Crippen molar-refractivity contribution in [1.82, 2.24) is 10.3 Å². The maximum absolute atomic E-state index is 12.2. The molecule has 1 saturated carbocycles. The number of benzene rings is 1. The minimum atomic E-state index is -0.239. The van der Waals surface area contributed by atoms with Crippen LogP contribution in [0.2, 0.25) is 5.02 Å². The van der Waals surface area contributed by atoms with E-state index in [2.05, 4.69) is 20.9 Å². The number of carbonyl (C=O) groups is 2. The van der Waals surface area contributed by atoms with Crippen LogP contribution in [0.3, 0.4) is 0 Å². The quantitative estimate of drug-likeness (QED) is 0.707. The Hall–Kier alpha value is -2.12. The van der Waals surface area contributed by atoms with E-state index in [1.165, 1.54) is 11.3 Å². The van der Waals surface area contributed by atoms with Crippen LogP contribution in [-0.4, -0.2) is 23.0 Å². The number of thiazole rings is 1. The van der Waals surface area contributed by atoms with Gasteiger partial charge in [-0.15, -0.1) is 11.3 Å². The first-order valence-electron chi connectivity index (χ1n) is 8.58. The highest BCUT2D eigenvalue weighted by molar-refractivity contribution is 7.13. The van der Waals surface area contributed by atoms with E-state index in [1.54, 1.807) is 23.6 Å². The van der Waals surface area contributed by atoms with E-state index < -0.39 is 0 Å². The Labute approximate surface area is 161 Å². The molecule has 1 heterocycles. The molecule has 3 amide bonds. The van der Waals surface area contributed by atoms with Crippen LogP contribution in [0, 0.1) is 6.92 Å². The van der Waals surface area contributed by atoms with Crippen molar-refractivity contribution in [2.75, 3.05) is 10.6 Å². The van der Waals surface area contributed by atoms with Gasteiger partial charge in [0.25, 0.3) is 0 Å². The van der Waals surface area contributed by atoms with Gasteiger partial charge in [0.2, 0.25) is 5.91 Å². The highest BCUT2D eigenvalue weighted by atomic mass is 35.5. The maximum Gasteiger partial charge on any atom is 0.321 e. The van der Waals surface area contributed by atoms with Crippen LogP contribution in [0.25, 0.3) is 0 Å². The van der Waals surface area contributed by atoms with Gasteiger partial charge in [0.05, 0.1) is 12.1 Å². The fourth-order valence-corrected chi connectivity index (χ4v) is 3.82. The van der Waals surface area contributed by atoms with Gasteiger partial charge in [-0.3, -0.25) is 10.1 Å². The standard InChI is InChI=1S/C18H21ClN4O2S/c1-11-14(19)7-4-8-15(11)22-16(24)9-13-10-26-18(21-13)23-17(25)20-12-5-2-3-6-12/h4,7-8,10,12H,2-3,5-6,9H2,1H3,(H,22,24)(H2,20,21,23,25). The molecule has 0 aliphatic heterocycles. The van der Waals surface area contributed by atoms with Crippen molar-refractivity contribution < 1.29 is 9.59 Å². The molecule has 138 valence electrons. The van der Waals surface area contributed by atoms with Crippen LogP contribution in [0.15, 0.2) is 23.6 Å². The third kappa shape index (κ3) is 4.95. The second-order valence-electron chi connectivity index (χ2n) is 6.36. The average Bonchev–Trinajstić information content (AvgIpc) is 3.24. The molecular formula is C18H21ClN4O2S. The largest absolute Gasteiger partial charge is 0.335 e. The molecule has 1 aromatic heterocycles. The number of amides is 3. The van der Waals surface area contributed by atoms with Crippen molar-refractivity contribution in [3.63, 3.8) is 0 Å². The lowest BCUT2D eigenvalue weighted by molar-refractivity contribution is -0.115. The summed E-state index contributed by atoms with van der Waals surface area (Å²) >= 11 is 7.37. The minimum absolute atomic E-state index is 0.133. The van der Waals surface area contributed by atoms with E-state index in [0.29, 0.717) is 21.5 Å². The molecule has 0 spiro atoms. The van der Waals surface area contributed by atoms with Crippen molar-refractivity contribution in [2.45, 2.75) is 45.1 Å². The number of halogens is 1. The summed E-state index contributed by atoms with van der Waals surface area (Å²) in [5.74, 6) is -0.178. The number of nitrogens with zero attached hydrogens (tertiary/aromatic N) is 1. The summed E-state index contributed by atoms with van der Waals surface area (Å²) in [6, 6.07) is 5.39. The van der Waals surface area contributed by atoms with Crippen LogP contribution in [0.4, 0.5) is 15.6 Å². The number of carbonyl (C=O) groups excluding carboxylic acids is 2. The zero-order valence-electron chi connectivity index (χ0n) is 14.5. The predicted molar refractivity (Wildman–Crippen MR) is 105 cm³/mol. The zero-order valence-corrected chi connectivity index (χ0v) is 16.0. The predicted octanol–water partition coefficient (Wildman–Crippen LogP) is 4.35. The Morgan fingerprint density at radius 3 is 2.81 bits per heavy atom. The monoisotopic (exact) mass is 392 g/mol. The number of urea groups is 1. The first-order valence-corrected chi connectivity index (χ1v) is 9.84. The summed E-state index contributed by atoms with van der Waals surface area (Å²) in [6.07, 6.45) is 4.51. The lowest BCUT2D eigenvalue weighted by atomic mass is 10.2. The lowest BCUT2D eigenvalue weighted by Gasteiger charge is -2.11. The van der Waals surface area contributed by atoms with E-state index in [9.17, 15) is 9.59 Å². The lowest BCUT2D eigenvalue weighted by Crippen LogP contribution is -2.36. The highest BCUT2D eigenvalue weighted by Gasteiger charge is 2.18. The summed E-state index contributed by atoms with van der Waals surface area (Å²) in [6.45, 7) is 1.85. The van der Waals surface area contributed by atoms with Gasteiger partial charge in [-0.1, -0.05) is 30.5 Å². The Morgan fingerprint density at radius 2 is 2.04 bits per heavy atom. The Balaban J connectivity index is 1.51. The molecule has 1 fully saturated rings. The van der Waals surface area contributed by atoms with E-state index in [0.717, 1.165) is 31.2 Å². The molecular weight excluding hydrogens is 372 g/mol. The SMILES string of the molecule is Cc1c(Cl)cccc1NC(=O)Cc1csc(NC(=O)NC2CCCC2)n1. The number of rotatable bonds is 5. The van der Waals surface area contributed by atoms with E-state index in [4.69, 9.17) is 11.6 Å². The molecule has 3 rings (SSSR count). The van der Waals surface area contributed by atoms with Gasteiger partial charge in [-0.25, -0.2) is 9.78 Å². The fourth-order valence-electron chi connectivity index (χ4n) is 2.94. The summed E-state index contributed by atoms with van der Waals surface area (Å²) < 4.78 is 0. The van der Waals surface area contributed by atoms with Gasteiger partial charge in [0.15, 0.2) is 5.13 Å². The Bertz CT molecular complexity index is 802. The number of nitrogens with one attached hydrogen (secondary N) is 3. The number of aromatic nitrogens is 1. The summed E-state index contributed by atoms with van der Waals surface area (Å²) in [4.78, 5) is 28.5. The van der Waals surface area contributed by atoms with Gasteiger partial charge in [-0.2, -0.15) is 0 Å². The molecule has 0 saturated heterocycles. The molecule has 3 N–H and O–H groups in total. The molecule has 8 heteroatoms. The molecule has 1 aliphatic carbocycles. The highest BCUT2D eigenvalue weighted by Crippen LogP contribution is 2.23. The third-order valence-corrected chi connectivity index (χ3v) is 5.56. The summed E-state index contributed by atoms with van der Waals surface area (Å²) in [5.41, 5.74) is 2.13. The van der Waals surface area contributed by atoms with Crippen molar-refractivity contribution in [2.24, 2.45) is 0 Å². The van der Waals surface area contributed by atoms with Crippen LogP contribution >= 0.6 is 22.9 Å². The van der Waals surface area contributed by atoms with Gasteiger partial charge in [0.1, 0.15) is 0 Å². The fraction of sp³-hybridized carbons (Fsp3) is 0.389. The van der Waals surface area contributed by atoms with Crippen molar-refractivity contribution in [3.8, 4) is 0 Å². The molecule has 0 radical (unpaired) electrons. The van der Waals surface area contributed by atoms with E-state index >= 15 is 0 Å². The van der Waals surface area contributed by atoms with Gasteiger partial charge >= 0.3 is 6.03 Å². The van der Waals surface area contributed by atoms with Gasteiger partial charge < -0.3 is 10.6 Å². The topological polar surface area (TPSA) is 83.1 Å². The maximum atomic E-state index is 12.2. The number of hydrogen-bond donors (Lipinski definition) is 3. The normalized spacial score (nSPS) is 14.2. The smallest absolute Gasteiger partial charge is 0.321 e. The van der Waals surface area contributed by atoms with Crippen LogP contribution in [-0.2, 0) is 11.2 Å². The van der Waals surface area contributed by atoms with Crippen molar-refractivity contribution in [3.05, 3.63) is 39.9 Å². The van der Waals surface area contributed by atoms with Crippen molar-refractivity contribution in [1.29, 1.82) is 0 Å². The van der Waals surface area contributed by atoms with Crippen LogP contribution in [0.5, 0.6) is 0 Å². The molecule has 1 aromatic carbocycles. The van der Waals surface area contributed by atoms with Gasteiger partial charge in [0, 0.05) is 22.1 Å². The first kappa shape index (κ1) is 18.7. The zero-order chi connectivity index (χ0) is 18.5. The van der Waals surface area contributed by atoms with Gasteiger partial charge in [-0.05, 0) is 37.5 Å². The Morgan fingerprint density at radius 1 is 1.27 bits per heavy atom. The molecule has 0 bridgehead atoms. The minimum Gasteiger partial charge on any atom is -0.335 e. The van der Waals surface area contributed by atoms with E-state index in [-0.39, 0.29) is 24.4 Å². The Kier molecular flexibility index (Phi) is 6.11. The molecule has 2 aromatic rings.